The first kappa shape index (κ1) is 28.8. The molecule has 2 unspecified atom stereocenters. The van der Waals surface area contributed by atoms with Crippen molar-refractivity contribution in [2.24, 2.45) is 16.5 Å². The highest BCUT2D eigenvalue weighted by Gasteiger charge is 2.20. The van der Waals surface area contributed by atoms with E-state index in [-0.39, 0.29) is 18.5 Å². The number of rotatable bonds is 17. The maximum absolute atomic E-state index is 11.7. The number of nitrogens with zero attached hydrogens (tertiary/aromatic N) is 1. The van der Waals surface area contributed by atoms with Crippen molar-refractivity contribution in [2.45, 2.75) is 76.7 Å². The smallest absolute Gasteiger partial charge is 0.328 e. The Morgan fingerprint density at radius 3 is 2.45 bits per heavy atom. The summed E-state index contributed by atoms with van der Waals surface area (Å²) in [6.45, 7) is 2.37. The largest absolute Gasteiger partial charge is 0.478 e. The van der Waals surface area contributed by atoms with Gasteiger partial charge in [-0.05, 0) is 59.2 Å². The maximum Gasteiger partial charge on any atom is 0.328 e. The SMILES string of the molecule is CCCCCCCCC(CCC(Nc1ccc[nH]1)C(=CC(=O)O)CN=C(N)N)c1ccc2ccccc2c1. The van der Waals surface area contributed by atoms with Gasteiger partial charge in [-0.25, -0.2) is 9.79 Å². The molecular formula is C31H43N5O2. The number of guanidine groups is 1. The minimum atomic E-state index is -1.01. The Kier molecular flexibility index (Phi) is 11.8. The summed E-state index contributed by atoms with van der Waals surface area (Å²) in [4.78, 5) is 19.0. The fraction of sp³-hybridized carbons (Fsp3) is 0.419. The molecule has 7 N–H and O–H groups in total. The van der Waals surface area contributed by atoms with Crippen LogP contribution in [-0.4, -0.2) is 34.6 Å². The highest BCUT2D eigenvalue weighted by molar-refractivity contribution is 5.83. The first-order valence-electron chi connectivity index (χ1n) is 13.8. The van der Waals surface area contributed by atoms with Gasteiger partial charge in [-0.2, -0.15) is 0 Å². The van der Waals surface area contributed by atoms with Gasteiger partial charge in [0.1, 0.15) is 5.82 Å². The quantitative estimate of drug-likeness (QED) is 0.0600. The number of carboxylic acids is 1. The van der Waals surface area contributed by atoms with Gasteiger partial charge in [-0.15, -0.1) is 0 Å². The Morgan fingerprint density at radius 2 is 1.74 bits per heavy atom. The molecule has 7 nitrogen and oxygen atoms in total. The van der Waals surface area contributed by atoms with Crippen LogP contribution in [-0.2, 0) is 4.79 Å². The zero-order valence-electron chi connectivity index (χ0n) is 22.5. The third-order valence-electron chi connectivity index (χ3n) is 7.08. The molecule has 1 aromatic heterocycles. The van der Waals surface area contributed by atoms with E-state index in [9.17, 15) is 9.90 Å². The van der Waals surface area contributed by atoms with Gasteiger partial charge in [0, 0.05) is 12.3 Å². The van der Waals surface area contributed by atoms with Crippen LogP contribution in [0.5, 0.6) is 0 Å². The van der Waals surface area contributed by atoms with Gasteiger partial charge in [-0.1, -0.05) is 87.9 Å². The normalized spacial score (nSPS) is 13.2. The summed E-state index contributed by atoms with van der Waals surface area (Å²) in [7, 11) is 0. The zero-order chi connectivity index (χ0) is 27.2. The van der Waals surface area contributed by atoms with Crippen LogP contribution < -0.4 is 16.8 Å². The number of aliphatic carboxylic acids is 1. The average molecular weight is 518 g/mol. The summed E-state index contributed by atoms with van der Waals surface area (Å²) in [6, 6.07) is 18.8. The van der Waals surface area contributed by atoms with E-state index in [4.69, 9.17) is 11.5 Å². The van der Waals surface area contributed by atoms with Gasteiger partial charge >= 0.3 is 5.97 Å². The van der Waals surface area contributed by atoms with Crippen molar-refractivity contribution in [3.8, 4) is 0 Å². The van der Waals surface area contributed by atoms with Crippen molar-refractivity contribution in [1.29, 1.82) is 0 Å². The summed E-state index contributed by atoms with van der Waals surface area (Å²) >= 11 is 0. The van der Waals surface area contributed by atoms with E-state index in [0.717, 1.165) is 25.1 Å². The number of carbonyl (C=O) groups is 1. The number of hydrogen-bond acceptors (Lipinski definition) is 3. The maximum atomic E-state index is 11.7. The van der Waals surface area contributed by atoms with Gasteiger partial charge in [0.2, 0.25) is 0 Å². The number of carboxylic acid groups (broad SMARTS) is 1. The van der Waals surface area contributed by atoms with E-state index in [1.807, 2.05) is 18.3 Å². The third-order valence-corrected chi connectivity index (χ3v) is 7.08. The van der Waals surface area contributed by atoms with E-state index >= 15 is 0 Å². The number of benzene rings is 2. The number of nitrogens with one attached hydrogen (secondary N) is 2. The van der Waals surface area contributed by atoms with Gasteiger partial charge in [0.05, 0.1) is 12.6 Å². The Hall–Kier alpha value is -3.74. The van der Waals surface area contributed by atoms with Crippen molar-refractivity contribution in [2.75, 3.05) is 11.9 Å². The molecule has 0 fully saturated rings. The lowest BCUT2D eigenvalue weighted by molar-refractivity contribution is -0.131. The number of hydrogen-bond donors (Lipinski definition) is 5. The number of H-pyrrole nitrogens is 1. The molecule has 7 heteroatoms. The van der Waals surface area contributed by atoms with Crippen molar-refractivity contribution in [3.05, 3.63) is 78.0 Å². The van der Waals surface area contributed by atoms with Crippen molar-refractivity contribution in [3.63, 3.8) is 0 Å². The molecule has 3 rings (SSSR count). The van der Waals surface area contributed by atoms with Gasteiger partial charge in [0.15, 0.2) is 5.96 Å². The van der Waals surface area contributed by atoms with Gasteiger partial charge in [0.25, 0.3) is 0 Å². The first-order valence-corrected chi connectivity index (χ1v) is 13.8. The van der Waals surface area contributed by atoms with Crippen LogP contribution in [0.3, 0.4) is 0 Å². The van der Waals surface area contributed by atoms with Crippen molar-refractivity contribution >= 4 is 28.5 Å². The molecule has 2 aromatic carbocycles. The molecule has 0 aliphatic carbocycles. The number of aliphatic imine (C=N–C) groups is 1. The van der Waals surface area contributed by atoms with Crippen LogP contribution in [0.4, 0.5) is 5.82 Å². The molecule has 204 valence electrons. The molecule has 0 saturated carbocycles. The van der Waals surface area contributed by atoms with E-state index in [1.165, 1.54) is 60.9 Å². The first-order chi connectivity index (χ1) is 18.5. The molecular weight excluding hydrogens is 474 g/mol. The Morgan fingerprint density at radius 1 is 0.974 bits per heavy atom. The van der Waals surface area contributed by atoms with E-state index < -0.39 is 5.97 Å². The minimum absolute atomic E-state index is 0.0583. The van der Waals surface area contributed by atoms with Crippen LogP contribution in [0, 0.1) is 0 Å². The summed E-state index contributed by atoms with van der Waals surface area (Å²) < 4.78 is 0. The lowest BCUT2D eigenvalue weighted by atomic mass is 9.85. The number of aromatic nitrogens is 1. The fourth-order valence-corrected chi connectivity index (χ4v) is 5.03. The lowest BCUT2D eigenvalue weighted by Gasteiger charge is -2.25. The molecule has 0 spiro atoms. The predicted octanol–water partition coefficient (Wildman–Crippen LogP) is 6.55. The average Bonchev–Trinajstić information content (AvgIpc) is 3.42. The highest BCUT2D eigenvalue weighted by atomic mass is 16.4. The minimum Gasteiger partial charge on any atom is -0.478 e. The second kappa shape index (κ2) is 15.5. The molecule has 38 heavy (non-hydrogen) atoms. The molecule has 0 aliphatic heterocycles. The Labute approximate surface area is 226 Å². The van der Waals surface area contributed by atoms with Crippen LogP contribution in [0.25, 0.3) is 10.8 Å². The van der Waals surface area contributed by atoms with Gasteiger partial charge in [-0.3, -0.25) is 0 Å². The van der Waals surface area contributed by atoms with Crippen molar-refractivity contribution < 1.29 is 9.90 Å². The topological polar surface area (TPSA) is 130 Å². The van der Waals surface area contributed by atoms with Gasteiger partial charge < -0.3 is 26.9 Å². The van der Waals surface area contributed by atoms with E-state index in [1.54, 1.807) is 0 Å². The third kappa shape index (κ3) is 9.61. The standard InChI is InChI=1S/C31H43N5O2/c1-2-3-4-5-6-7-11-24(26-16-15-23-12-8-9-13-25(23)20-26)17-18-28(36-29-14-10-19-34-29)27(21-30(37)38)22-35-31(32)33/h8-10,12-16,19-21,24,28,34,36H,2-7,11,17-18,22H2,1H3,(H,37,38)(H4,32,33,35). The van der Waals surface area contributed by atoms with Crippen LogP contribution >= 0.6 is 0 Å². The van der Waals surface area contributed by atoms with Crippen LogP contribution in [0.1, 0.15) is 76.2 Å². The second-order valence-electron chi connectivity index (χ2n) is 10.0. The molecule has 0 radical (unpaired) electrons. The molecule has 0 saturated heterocycles. The molecule has 0 amide bonds. The molecule has 3 aromatic rings. The second-order valence-corrected chi connectivity index (χ2v) is 10.0. The monoisotopic (exact) mass is 517 g/mol. The highest BCUT2D eigenvalue weighted by Crippen LogP contribution is 2.32. The molecule has 0 aliphatic rings. The predicted molar refractivity (Wildman–Crippen MR) is 159 cm³/mol. The summed E-state index contributed by atoms with van der Waals surface area (Å²) in [6.07, 6.45) is 13.4. The summed E-state index contributed by atoms with van der Waals surface area (Å²) in [5.74, 6) is 0.126. The van der Waals surface area contributed by atoms with Crippen LogP contribution in [0.15, 0.2) is 77.4 Å². The van der Waals surface area contributed by atoms with Crippen molar-refractivity contribution in [1.82, 2.24) is 4.98 Å². The molecule has 1 heterocycles. The Bertz CT molecular complexity index is 1180. The van der Waals surface area contributed by atoms with E-state index in [2.05, 4.69) is 64.7 Å². The number of fused-ring (bicyclic) bond motifs is 1. The van der Waals surface area contributed by atoms with Crippen LogP contribution in [0.2, 0.25) is 0 Å². The number of aromatic amines is 1. The zero-order valence-corrected chi connectivity index (χ0v) is 22.5. The number of nitrogens with two attached hydrogens (primary N) is 2. The fourth-order valence-electron chi connectivity index (χ4n) is 5.03. The van der Waals surface area contributed by atoms with E-state index in [0.29, 0.717) is 11.5 Å². The Balaban J connectivity index is 1.82. The number of unbranched alkanes of at least 4 members (excludes halogenated alkanes) is 5. The molecule has 0 bridgehead atoms. The number of anilines is 1. The lowest BCUT2D eigenvalue weighted by Crippen LogP contribution is -2.28. The molecule has 2 atom stereocenters. The summed E-state index contributed by atoms with van der Waals surface area (Å²) in [5.41, 5.74) is 13.1. The summed E-state index contributed by atoms with van der Waals surface area (Å²) in [5, 5.41) is 15.5.